The highest BCUT2D eigenvalue weighted by molar-refractivity contribution is 6.31. The minimum Gasteiger partial charge on any atom is -0.495 e. The van der Waals surface area contributed by atoms with Gasteiger partial charge in [-0.2, -0.15) is 4.68 Å². The third-order valence-electron chi connectivity index (χ3n) is 6.66. The van der Waals surface area contributed by atoms with Crippen molar-refractivity contribution in [1.29, 1.82) is 0 Å². The van der Waals surface area contributed by atoms with Crippen molar-refractivity contribution in [2.24, 2.45) is 0 Å². The van der Waals surface area contributed by atoms with Crippen LogP contribution < -0.4 is 10.3 Å². The summed E-state index contributed by atoms with van der Waals surface area (Å²) in [6.45, 7) is 0. The molecule has 0 aliphatic carbocycles. The SMILES string of the molecule is COc1cncc(-c2cnc(C(Cc3ccc(F)cc3)n3ccc(-c4cc(Cl)ccc4-n4cnnn4)cc3=O)[nH]2)c1. The molecule has 0 aliphatic rings. The van der Waals surface area contributed by atoms with E-state index in [0.29, 0.717) is 45.5 Å². The van der Waals surface area contributed by atoms with Crippen LogP contribution in [0.1, 0.15) is 17.4 Å². The number of pyridine rings is 2. The molecule has 12 heteroatoms. The summed E-state index contributed by atoms with van der Waals surface area (Å²) in [7, 11) is 1.57. The van der Waals surface area contributed by atoms with Gasteiger partial charge in [0.1, 0.15) is 23.7 Å². The van der Waals surface area contributed by atoms with Crippen molar-refractivity contribution in [1.82, 2.24) is 39.7 Å². The van der Waals surface area contributed by atoms with Crippen LogP contribution in [0.15, 0.2) is 96.6 Å². The van der Waals surface area contributed by atoms with Gasteiger partial charge in [0, 0.05) is 41.0 Å². The fraction of sp³-hybridized carbons (Fsp3) is 0.103. The van der Waals surface area contributed by atoms with E-state index in [-0.39, 0.29) is 11.4 Å². The topological polar surface area (TPSA) is 116 Å². The van der Waals surface area contributed by atoms with Crippen molar-refractivity contribution < 1.29 is 9.13 Å². The Labute approximate surface area is 238 Å². The lowest BCUT2D eigenvalue weighted by Gasteiger charge is -2.19. The Morgan fingerprint density at radius 3 is 2.63 bits per heavy atom. The summed E-state index contributed by atoms with van der Waals surface area (Å²) in [4.78, 5) is 25.8. The van der Waals surface area contributed by atoms with Gasteiger partial charge >= 0.3 is 0 Å². The van der Waals surface area contributed by atoms with Gasteiger partial charge in [-0.25, -0.2) is 9.37 Å². The summed E-state index contributed by atoms with van der Waals surface area (Å²) < 4.78 is 22.0. The van der Waals surface area contributed by atoms with Crippen LogP contribution in [0.25, 0.3) is 28.1 Å². The minimum absolute atomic E-state index is 0.266. The van der Waals surface area contributed by atoms with Crippen LogP contribution >= 0.6 is 11.6 Å². The van der Waals surface area contributed by atoms with Gasteiger partial charge in [-0.3, -0.25) is 9.78 Å². The molecule has 0 bridgehead atoms. The summed E-state index contributed by atoms with van der Waals surface area (Å²) in [6.07, 6.45) is 8.57. The molecule has 6 aromatic rings. The number of benzene rings is 2. The van der Waals surface area contributed by atoms with Crippen molar-refractivity contribution >= 4 is 11.6 Å². The van der Waals surface area contributed by atoms with E-state index in [1.807, 2.05) is 12.1 Å². The molecular formula is C29H22ClFN8O2. The van der Waals surface area contributed by atoms with Crippen LogP contribution in [0.5, 0.6) is 5.75 Å². The molecule has 4 aromatic heterocycles. The number of aromatic amines is 1. The number of nitrogens with zero attached hydrogens (tertiary/aromatic N) is 7. The number of tetrazole rings is 1. The molecule has 0 amide bonds. The Hall–Kier alpha value is -5.16. The molecule has 0 radical (unpaired) electrons. The maximum absolute atomic E-state index is 13.7. The Bertz CT molecular complexity index is 1870. The highest BCUT2D eigenvalue weighted by atomic mass is 35.5. The Balaban J connectivity index is 1.41. The first-order valence-electron chi connectivity index (χ1n) is 12.5. The van der Waals surface area contributed by atoms with Crippen molar-refractivity contribution in [3.05, 3.63) is 124 Å². The number of hydrogen-bond donors (Lipinski definition) is 1. The number of methoxy groups -OCH3 is 1. The van der Waals surface area contributed by atoms with Gasteiger partial charge in [-0.15, -0.1) is 5.10 Å². The molecule has 1 N–H and O–H groups in total. The summed E-state index contributed by atoms with van der Waals surface area (Å²) in [5.41, 5.74) is 4.06. The summed E-state index contributed by atoms with van der Waals surface area (Å²) in [5, 5.41) is 11.9. The molecule has 2 aromatic carbocycles. The molecule has 0 aliphatic heterocycles. The second-order valence-corrected chi connectivity index (χ2v) is 9.66. The standard InChI is InChI=1S/C29H22ClFN8O2/c1-41-23-11-20(14-32-15-23)25-16-33-29(35-25)27(10-18-2-5-22(31)6-3-18)38-9-8-19(12-28(38)40)24-13-21(30)4-7-26(24)39-17-34-36-37-39/h2-9,11-17,27H,10H2,1H3,(H,33,35). The van der Waals surface area contributed by atoms with Gasteiger partial charge in [0.05, 0.1) is 36.9 Å². The predicted octanol–water partition coefficient (Wildman–Crippen LogP) is 4.91. The maximum atomic E-state index is 13.7. The van der Waals surface area contributed by atoms with Crippen LogP contribution in [0.4, 0.5) is 4.39 Å². The van der Waals surface area contributed by atoms with Crippen LogP contribution in [0.2, 0.25) is 5.02 Å². The number of nitrogens with one attached hydrogen (secondary N) is 1. The quantitative estimate of drug-likeness (QED) is 0.277. The van der Waals surface area contributed by atoms with Crippen molar-refractivity contribution in [3.63, 3.8) is 0 Å². The van der Waals surface area contributed by atoms with Gasteiger partial charge in [-0.05, 0) is 64.0 Å². The van der Waals surface area contributed by atoms with Crippen LogP contribution in [0.3, 0.4) is 0 Å². The van der Waals surface area contributed by atoms with Crippen molar-refractivity contribution in [3.8, 4) is 33.8 Å². The van der Waals surface area contributed by atoms with Crippen molar-refractivity contribution in [2.75, 3.05) is 7.11 Å². The number of ether oxygens (including phenoxy) is 1. The van der Waals surface area contributed by atoms with Gasteiger partial charge in [0.2, 0.25) is 0 Å². The zero-order valence-corrected chi connectivity index (χ0v) is 22.4. The van der Waals surface area contributed by atoms with E-state index in [4.69, 9.17) is 16.3 Å². The van der Waals surface area contributed by atoms with Gasteiger partial charge in [-0.1, -0.05) is 23.7 Å². The Kier molecular flexibility index (Phi) is 7.09. The number of hydrogen-bond acceptors (Lipinski definition) is 7. The molecule has 1 atom stereocenters. The molecular weight excluding hydrogens is 547 g/mol. The van der Waals surface area contributed by atoms with E-state index < -0.39 is 6.04 Å². The first-order chi connectivity index (χ1) is 20.0. The van der Waals surface area contributed by atoms with E-state index in [0.717, 1.165) is 11.1 Å². The number of H-pyrrole nitrogens is 1. The van der Waals surface area contributed by atoms with E-state index in [1.54, 1.807) is 66.8 Å². The molecule has 204 valence electrons. The second-order valence-electron chi connectivity index (χ2n) is 9.22. The zero-order valence-electron chi connectivity index (χ0n) is 21.6. The largest absolute Gasteiger partial charge is 0.495 e. The molecule has 6 rings (SSSR count). The smallest absolute Gasteiger partial charge is 0.251 e. The first-order valence-corrected chi connectivity index (χ1v) is 12.9. The molecule has 41 heavy (non-hydrogen) atoms. The maximum Gasteiger partial charge on any atom is 0.251 e. The molecule has 0 spiro atoms. The van der Waals surface area contributed by atoms with Crippen molar-refractivity contribution in [2.45, 2.75) is 12.5 Å². The van der Waals surface area contributed by atoms with Gasteiger partial charge in [0.15, 0.2) is 0 Å². The molecule has 0 saturated carbocycles. The fourth-order valence-electron chi connectivity index (χ4n) is 4.63. The summed E-state index contributed by atoms with van der Waals surface area (Å²) >= 11 is 6.31. The van der Waals surface area contributed by atoms with Crippen LogP contribution in [0, 0.1) is 5.82 Å². The normalized spacial score (nSPS) is 11.9. The number of halogens is 2. The second kappa shape index (κ2) is 11.1. The third-order valence-corrected chi connectivity index (χ3v) is 6.90. The highest BCUT2D eigenvalue weighted by Crippen LogP contribution is 2.30. The molecule has 0 saturated heterocycles. The van der Waals surface area contributed by atoms with Crippen LogP contribution in [-0.2, 0) is 6.42 Å². The molecule has 1 unspecified atom stereocenters. The van der Waals surface area contributed by atoms with E-state index in [2.05, 4.69) is 30.5 Å². The Morgan fingerprint density at radius 2 is 1.88 bits per heavy atom. The number of imidazole rings is 1. The van der Waals surface area contributed by atoms with Gasteiger partial charge < -0.3 is 14.3 Å². The lowest BCUT2D eigenvalue weighted by molar-refractivity contribution is 0.413. The number of aromatic nitrogens is 8. The van der Waals surface area contributed by atoms with E-state index >= 15 is 0 Å². The van der Waals surface area contributed by atoms with E-state index in [9.17, 15) is 9.18 Å². The van der Waals surface area contributed by atoms with Crippen LogP contribution in [-0.4, -0.2) is 46.8 Å². The van der Waals surface area contributed by atoms with Gasteiger partial charge in [0.25, 0.3) is 5.56 Å². The lowest BCUT2D eigenvalue weighted by Crippen LogP contribution is -2.27. The predicted molar refractivity (Wildman–Crippen MR) is 150 cm³/mol. The molecule has 4 heterocycles. The highest BCUT2D eigenvalue weighted by Gasteiger charge is 2.21. The summed E-state index contributed by atoms with van der Waals surface area (Å²) in [5.74, 6) is 0.826. The van der Waals surface area contributed by atoms with E-state index in [1.165, 1.54) is 29.2 Å². The summed E-state index contributed by atoms with van der Waals surface area (Å²) in [6, 6.07) is 16.1. The fourth-order valence-corrected chi connectivity index (χ4v) is 4.80. The first kappa shape index (κ1) is 26.1. The monoisotopic (exact) mass is 568 g/mol. The zero-order chi connectivity index (χ0) is 28.3. The molecule has 10 nitrogen and oxygen atoms in total. The minimum atomic E-state index is -0.521. The number of rotatable bonds is 8. The average molecular weight is 569 g/mol. The average Bonchev–Trinajstić information content (AvgIpc) is 3.70. The molecule has 0 fully saturated rings. The lowest BCUT2D eigenvalue weighted by atomic mass is 10.0. The third kappa shape index (κ3) is 5.48. The Morgan fingerprint density at radius 1 is 1.02 bits per heavy atom.